The van der Waals surface area contributed by atoms with Crippen LogP contribution >= 0.6 is 0 Å². The van der Waals surface area contributed by atoms with Crippen LogP contribution in [0.25, 0.3) is 0 Å². The van der Waals surface area contributed by atoms with Gasteiger partial charge >= 0.3 is 17.9 Å². The highest BCUT2D eigenvalue weighted by molar-refractivity contribution is 5.89. The van der Waals surface area contributed by atoms with Crippen LogP contribution in [0.4, 0.5) is 0 Å². The van der Waals surface area contributed by atoms with Crippen LogP contribution in [0.5, 0.6) is 0 Å². The van der Waals surface area contributed by atoms with Gasteiger partial charge in [-0.1, -0.05) is 20.8 Å². The second-order valence-electron chi connectivity index (χ2n) is 15.1. The number of esters is 3. The zero-order chi connectivity index (χ0) is 31.3. The van der Waals surface area contributed by atoms with Gasteiger partial charge in [0.15, 0.2) is 5.78 Å². The molecule has 17 atom stereocenters. The Morgan fingerprint density at radius 1 is 0.953 bits per heavy atom. The van der Waals surface area contributed by atoms with Crippen LogP contribution in [0.2, 0.25) is 0 Å². The van der Waals surface area contributed by atoms with Crippen molar-refractivity contribution in [1.29, 1.82) is 0 Å². The molecule has 0 aromatic rings. The molecule has 11 nitrogen and oxygen atoms in total. The van der Waals surface area contributed by atoms with Gasteiger partial charge in [-0.05, 0) is 56.4 Å². The van der Waals surface area contributed by atoms with Crippen LogP contribution in [0.1, 0.15) is 61.3 Å². The average Bonchev–Trinajstić information content (AvgIpc) is 3.60. The normalized spacial score (nSPS) is 57.5. The lowest BCUT2D eigenvalue weighted by atomic mass is 9.42. The summed E-state index contributed by atoms with van der Waals surface area (Å²) in [6.45, 7) is 11.5. The van der Waals surface area contributed by atoms with Crippen LogP contribution in [-0.2, 0) is 38.1 Å². The van der Waals surface area contributed by atoms with Crippen LogP contribution < -0.4 is 0 Å². The minimum Gasteiger partial charge on any atom is -0.459 e. The first-order valence-corrected chi connectivity index (χ1v) is 15.5. The lowest BCUT2D eigenvalue weighted by Crippen LogP contribution is -2.69. The Morgan fingerprint density at radius 2 is 1.63 bits per heavy atom. The number of hydrogen-bond donors (Lipinski definition) is 3. The second-order valence-corrected chi connectivity index (χ2v) is 15.1. The number of allylic oxidation sites excluding steroid dienone is 1. The smallest absolute Gasteiger partial charge is 0.356 e. The van der Waals surface area contributed by atoms with Gasteiger partial charge in [0.1, 0.15) is 24.1 Å². The Kier molecular flexibility index (Phi) is 5.93. The van der Waals surface area contributed by atoms with Gasteiger partial charge in [0, 0.05) is 42.4 Å². The molecule has 236 valence electrons. The predicted octanol–water partition coefficient (Wildman–Crippen LogP) is 1.30. The molecule has 2 heterocycles. The van der Waals surface area contributed by atoms with Gasteiger partial charge in [0.05, 0.1) is 23.7 Å². The topological polar surface area (TPSA) is 169 Å². The van der Waals surface area contributed by atoms with Crippen LogP contribution in [0, 0.1) is 57.7 Å². The largest absolute Gasteiger partial charge is 0.459 e. The van der Waals surface area contributed by atoms with Crippen molar-refractivity contribution < 1.29 is 53.4 Å². The van der Waals surface area contributed by atoms with E-state index in [0.717, 1.165) is 0 Å². The van der Waals surface area contributed by atoms with E-state index >= 15 is 0 Å². The molecule has 2 aliphatic heterocycles. The maximum Gasteiger partial charge on any atom is 0.356 e. The highest BCUT2D eigenvalue weighted by atomic mass is 16.6. The molecule has 6 fully saturated rings. The van der Waals surface area contributed by atoms with Crippen molar-refractivity contribution in [2.24, 2.45) is 57.7 Å². The number of carbonyl (C=O) groups excluding carboxylic acids is 4. The Balaban J connectivity index is 1.38. The maximum atomic E-state index is 14.1. The number of fused-ring (bicyclic) bond motifs is 10. The van der Waals surface area contributed by atoms with Crippen molar-refractivity contribution in [1.82, 2.24) is 0 Å². The quantitative estimate of drug-likeness (QED) is 0.237. The monoisotopic (exact) mass is 602 g/mol. The molecule has 0 aromatic carbocycles. The van der Waals surface area contributed by atoms with E-state index in [0.29, 0.717) is 12.2 Å². The highest BCUT2D eigenvalue weighted by Gasteiger charge is 2.81. The molecule has 0 aromatic heterocycles. The number of carbonyl (C=O) groups is 4. The molecule has 4 saturated carbocycles. The third kappa shape index (κ3) is 3.24. The number of ketones is 1. The van der Waals surface area contributed by atoms with Crippen molar-refractivity contribution in [3.63, 3.8) is 0 Å². The number of Topliss-reactive ketones (excluding diaryl/α,β-unsaturated/α-hetero) is 1. The van der Waals surface area contributed by atoms with E-state index in [9.17, 15) is 34.5 Å². The molecule has 0 radical (unpaired) electrons. The SMILES string of the molecule is CC(=O)O[C@H]1[C@H]2O[C@H]2C[C@@H]2C(=O)[C@H](O)[C@H]3[C@@H]4[C@@H](O)[C@@H]5[C@H]([C@H](C)C=C6OC(=O)[C@@](C)(OC(C)=O)[C@@]65C)[C@@]4(C)[C@@H](O)C[C@@H]3[C@]21C. The molecule has 7 rings (SSSR count). The van der Waals surface area contributed by atoms with Crippen molar-refractivity contribution in [2.75, 3.05) is 0 Å². The van der Waals surface area contributed by atoms with Gasteiger partial charge in [-0.2, -0.15) is 0 Å². The summed E-state index contributed by atoms with van der Waals surface area (Å²) in [7, 11) is 0. The number of aliphatic hydroxyl groups excluding tert-OH is 3. The van der Waals surface area contributed by atoms with Gasteiger partial charge in [-0.3, -0.25) is 14.4 Å². The first kappa shape index (κ1) is 29.4. The van der Waals surface area contributed by atoms with Gasteiger partial charge < -0.3 is 34.3 Å². The Bertz CT molecular complexity index is 1360. The van der Waals surface area contributed by atoms with Gasteiger partial charge in [0.25, 0.3) is 0 Å². The fraction of sp³-hybridized carbons (Fsp3) is 0.812. The predicted molar refractivity (Wildman–Crippen MR) is 145 cm³/mol. The molecule has 0 unspecified atom stereocenters. The molecule has 0 bridgehead atoms. The molecule has 0 amide bonds. The molecule has 11 heteroatoms. The second kappa shape index (κ2) is 8.68. The van der Waals surface area contributed by atoms with E-state index in [1.165, 1.54) is 20.8 Å². The minimum absolute atomic E-state index is 0.219. The zero-order valence-electron chi connectivity index (χ0n) is 25.6. The summed E-state index contributed by atoms with van der Waals surface area (Å²) in [6, 6.07) is 0. The van der Waals surface area contributed by atoms with E-state index in [2.05, 4.69) is 0 Å². The number of rotatable bonds is 2. The summed E-state index contributed by atoms with van der Waals surface area (Å²) in [4.78, 5) is 52.0. The number of aliphatic hydroxyl groups is 3. The lowest BCUT2D eigenvalue weighted by molar-refractivity contribution is -0.228. The van der Waals surface area contributed by atoms with Crippen molar-refractivity contribution in [2.45, 2.75) is 104 Å². The molecular formula is C32H42O11. The summed E-state index contributed by atoms with van der Waals surface area (Å²) in [5, 5.41) is 36.5. The summed E-state index contributed by atoms with van der Waals surface area (Å²) in [5.41, 5.74) is -4.97. The average molecular weight is 603 g/mol. The lowest BCUT2D eigenvalue weighted by Gasteiger charge is -2.63. The molecule has 5 aliphatic carbocycles. The van der Waals surface area contributed by atoms with E-state index in [4.69, 9.17) is 18.9 Å². The van der Waals surface area contributed by atoms with E-state index in [1.54, 1.807) is 6.92 Å². The van der Waals surface area contributed by atoms with Gasteiger partial charge in [-0.25, -0.2) is 4.79 Å². The Morgan fingerprint density at radius 3 is 2.26 bits per heavy atom. The zero-order valence-corrected chi connectivity index (χ0v) is 25.6. The molecule has 0 spiro atoms. The van der Waals surface area contributed by atoms with Crippen molar-refractivity contribution in [3.05, 3.63) is 11.8 Å². The molecule has 3 N–H and O–H groups in total. The third-order valence-electron chi connectivity index (χ3n) is 13.6. The summed E-state index contributed by atoms with van der Waals surface area (Å²) < 4.78 is 23.1. The Hall–Kier alpha value is -2.34. The fourth-order valence-corrected chi connectivity index (χ4v) is 11.6. The first-order valence-electron chi connectivity index (χ1n) is 15.5. The first-order chi connectivity index (χ1) is 19.9. The molecule has 2 saturated heterocycles. The molecular weight excluding hydrogens is 560 g/mol. The summed E-state index contributed by atoms with van der Waals surface area (Å²) >= 11 is 0. The van der Waals surface area contributed by atoms with E-state index in [-0.39, 0.29) is 30.3 Å². The maximum absolute atomic E-state index is 14.1. The van der Waals surface area contributed by atoms with Crippen molar-refractivity contribution in [3.8, 4) is 0 Å². The standard InChI is InChI=1S/C32H42O11/c1-11-8-18-31(6,32(7,28(39)42-18)43-13(3)34)22-20(11)30(5)17(35)10-14-19(21(30)25(22)38)24(37)23(36)15-9-16-26(41-16)27(29(14,15)4)40-12(2)33/h8,11,14-17,19-22,24-27,35,37-38H,9-10H2,1-7H3/t11-,14+,15-,16+,17+,19-,20+,21-,22+,24-,25-,26+,27+,29-,30-,31+,32-/m1/s1. The molecule has 43 heavy (non-hydrogen) atoms. The summed E-state index contributed by atoms with van der Waals surface area (Å²) in [6.07, 6.45) is -2.49. The number of epoxide rings is 1. The number of ether oxygens (including phenoxy) is 4. The van der Waals surface area contributed by atoms with Crippen LogP contribution in [-0.4, -0.2) is 81.2 Å². The molecule has 7 aliphatic rings. The Labute approximate surface area is 250 Å². The van der Waals surface area contributed by atoms with E-state index < -0.39 is 99.7 Å². The summed E-state index contributed by atoms with van der Waals surface area (Å²) in [5.74, 6) is -6.03. The third-order valence-corrected chi connectivity index (χ3v) is 13.6. The van der Waals surface area contributed by atoms with Crippen LogP contribution in [0.15, 0.2) is 11.8 Å². The van der Waals surface area contributed by atoms with Gasteiger partial charge in [-0.15, -0.1) is 0 Å². The van der Waals surface area contributed by atoms with Crippen LogP contribution in [0.3, 0.4) is 0 Å². The fourth-order valence-electron chi connectivity index (χ4n) is 11.6. The highest BCUT2D eigenvalue weighted by Crippen LogP contribution is 2.75. The minimum atomic E-state index is -1.75. The van der Waals surface area contributed by atoms with Crippen molar-refractivity contribution >= 4 is 23.7 Å². The van der Waals surface area contributed by atoms with E-state index in [1.807, 2.05) is 26.8 Å². The van der Waals surface area contributed by atoms with Gasteiger partial charge in [0.2, 0.25) is 5.60 Å². The number of hydrogen-bond acceptors (Lipinski definition) is 11.